The van der Waals surface area contributed by atoms with Gasteiger partial charge in [0.1, 0.15) is 0 Å². The second kappa shape index (κ2) is 7.45. The van der Waals surface area contributed by atoms with Crippen LogP contribution in [0.2, 0.25) is 0 Å². The molecule has 0 radical (unpaired) electrons. The number of non-ortho nitro benzene ring substituents is 1. The van der Waals surface area contributed by atoms with Gasteiger partial charge in [-0.25, -0.2) is 4.79 Å². The molecule has 0 saturated carbocycles. The van der Waals surface area contributed by atoms with Gasteiger partial charge in [0.15, 0.2) is 0 Å². The maximum absolute atomic E-state index is 12.2. The second-order valence-corrected chi connectivity index (χ2v) is 6.19. The van der Waals surface area contributed by atoms with Gasteiger partial charge in [-0.15, -0.1) is 0 Å². The Morgan fingerprint density at radius 3 is 2.04 bits per heavy atom. The van der Waals surface area contributed by atoms with Crippen LogP contribution in [0.3, 0.4) is 0 Å². The maximum atomic E-state index is 12.2. The Hall–Kier alpha value is -2.71. The van der Waals surface area contributed by atoms with Crippen LogP contribution in [0.1, 0.15) is 22.0 Å². The fourth-order valence-electron chi connectivity index (χ4n) is 1.96. The Kier molecular flexibility index (Phi) is 5.55. The molecule has 0 N–H and O–H groups in total. The molecule has 0 unspecified atom stereocenters. The average molecular weight is 385 g/mol. The van der Waals surface area contributed by atoms with E-state index in [0.29, 0.717) is 0 Å². The molecule has 0 heterocycles. The molecular formula is C15H10Cl2N2O6. The summed E-state index contributed by atoms with van der Waals surface area (Å²) < 4.78 is 2.45. The molecule has 0 aliphatic heterocycles. The van der Waals surface area contributed by atoms with Crippen LogP contribution in [-0.4, -0.2) is 20.3 Å². The van der Waals surface area contributed by atoms with Gasteiger partial charge >= 0.3 is 10.4 Å². The summed E-state index contributed by atoms with van der Waals surface area (Å²) in [6.07, 6.45) is -1.68. The molecule has 2 aromatic carbocycles. The standard InChI is InChI=1S/C15H10Cl2N2O6/c16-15(17,19(23)24)13(10-6-8-12(9-7-10)18(21)22)25-14(20)11-4-2-1-3-5-11/h1-9,13H/t13-/m0/s1. The predicted molar refractivity (Wildman–Crippen MR) is 89.1 cm³/mol. The highest BCUT2D eigenvalue weighted by Gasteiger charge is 2.51. The topological polar surface area (TPSA) is 113 Å². The second-order valence-electron chi connectivity index (χ2n) is 4.84. The van der Waals surface area contributed by atoms with E-state index in [1.807, 2.05) is 0 Å². The Morgan fingerprint density at radius 1 is 1.00 bits per heavy atom. The summed E-state index contributed by atoms with van der Waals surface area (Å²) in [5, 5.41) is 21.9. The Labute approximate surface area is 151 Å². The average Bonchev–Trinajstić information content (AvgIpc) is 2.60. The van der Waals surface area contributed by atoms with Gasteiger partial charge in [0.2, 0.25) is 6.10 Å². The molecule has 0 spiro atoms. The van der Waals surface area contributed by atoms with E-state index in [9.17, 15) is 25.0 Å². The fourth-order valence-corrected chi connectivity index (χ4v) is 2.30. The van der Waals surface area contributed by atoms with E-state index in [1.165, 1.54) is 24.3 Å². The number of hydrogen-bond acceptors (Lipinski definition) is 6. The summed E-state index contributed by atoms with van der Waals surface area (Å²) in [5.74, 6) is -0.878. The monoisotopic (exact) mass is 384 g/mol. The van der Waals surface area contributed by atoms with E-state index in [2.05, 4.69) is 0 Å². The van der Waals surface area contributed by atoms with E-state index in [1.54, 1.807) is 18.2 Å². The number of hydrogen-bond donors (Lipinski definition) is 0. The third-order valence-corrected chi connectivity index (χ3v) is 3.87. The fraction of sp³-hybridized carbons (Fsp3) is 0.133. The molecule has 0 bridgehead atoms. The van der Waals surface area contributed by atoms with Crippen LogP contribution < -0.4 is 0 Å². The first-order valence-corrected chi connectivity index (χ1v) is 7.51. The van der Waals surface area contributed by atoms with Crippen LogP contribution in [0, 0.1) is 20.2 Å². The van der Waals surface area contributed by atoms with Crippen LogP contribution in [0.15, 0.2) is 54.6 Å². The number of nitro benzene ring substituents is 1. The summed E-state index contributed by atoms with van der Waals surface area (Å²) >= 11 is 11.5. The van der Waals surface area contributed by atoms with Gasteiger partial charge in [0.05, 0.1) is 15.4 Å². The molecule has 25 heavy (non-hydrogen) atoms. The lowest BCUT2D eigenvalue weighted by atomic mass is 10.1. The van der Waals surface area contributed by atoms with Gasteiger partial charge in [-0.1, -0.05) is 18.2 Å². The van der Waals surface area contributed by atoms with Crippen molar-refractivity contribution in [3.63, 3.8) is 0 Å². The third-order valence-electron chi connectivity index (χ3n) is 3.20. The molecule has 130 valence electrons. The number of benzene rings is 2. The number of nitrogens with zero attached hydrogens (tertiary/aromatic N) is 2. The van der Waals surface area contributed by atoms with Crippen molar-refractivity contribution in [3.8, 4) is 0 Å². The Bertz CT molecular complexity index is 795. The normalized spacial score (nSPS) is 12.2. The summed E-state index contributed by atoms with van der Waals surface area (Å²) in [4.78, 5) is 32.4. The molecule has 2 rings (SSSR count). The number of halogens is 2. The van der Waals surface area contributed by atoms with Crippen LogP contribution in [0.25, 0.3) is 0 Å². The zero-order chi connectivity index (χ0) is 18.6. The van der Waals surface area contributed by atoms with E-state index in [0.717, 1.165) is 12.1 Å². The minimum Gasteiger partial charge on any atom is -0.443 e. The molecule has 0 saturated heterocycles. The van der Waals surface area contributed by atoms with Gasteiger partial charge in [0, 0.05) is 17.7 Å². The van der Waals surface area contributed by atoms with Crippen molar-refractivity contribution >= 4 is 34.9 Å². The van der Waals surface area contributed by atoms with Crippen molar-refractivity contribution in [2.75, 3.05) is 0 Å². The van der Waals surface area contributed by atoms with E-state index in [-0.39, 0.29) is 16.8 Å². The third kappa shape index (κ3) is 4.23. The molecular weight excluding hydrogens is 375 g/mol. The molecule has 0 fully saturated rings. The lowest BCUT2D eigenvalue weighted by Gasteiger charge is -2.23. The molecule has 0 aliphatic carbocycles. The van der Waals surface area contributed by atoms with Crippen molar-refractivity contribution in [1.29, 1.82) is 0 Å². The number of ether oxygens (including phenoxy) is 1. The van der Waals surface area contributed by atoms with Gasteiger partial charge in [-0.2, -0.15) is 0 Å². The van der Waals surface area contributed by atoms with Crippen molar-refractivity contribution in [2.45, 2.75) is 10.6 Å². The minimum atomic E-state index is -2.68. The van der Waals surface area contributed by atoms with Crippen LogP contribution >= 0.6 is 23.2 Å². The van der Waals surface area contributed by atoms with E-state index < -0.39 is 26.4 Å². The zero-order valence-electron chi connectivity index (χ0n) is 12.4. The first-order chi connectivity index (χ1) is 11.7. The first-order valence-electron chi connectivity index (χ1n) is 6.76. The van der Waals surface area contributed by atoms with Gasteiger partial charge in [0.25, 0.3) is 5.69 Å². The lowest BCUT2D eigenvalue weighted by molar-refractivity contribution is -0.528. The lowest BCUT2D eigenvalue weighted by Crippen LogP contribution is -2.35. The van der Waals surface area contributed by atoms with E-state index >= 15 is 0 Å². The van der Waals surface area contributed by atoms with Crippen molar-refractivity contribution in [3.05, 3.63) is 86.0 Å². The quantitative estimate of drug-likeness (QED) is 0.245. The molecule has 0 aliphatic rings. The molecule has 0 aromatic heterocycles. The SMILES string of the molecule is O=C(O[C@@H](c1ccc([N+](=O)[O-])cc1)C(Cl)(Cl)[N+](=O)[O-])c1ccccc1. The van der Waals surface area contributed by atoms with Crippen molar-refractivity contribution < 1.29 is 19.4 Å². The summed E-state index contributed by atoms with van der Waals surface area (Å²) in [5.41, 5.74) is -0.0637. The highest BCUT2D eigenvalue weighted by Crippen LogP contribution is 2.40. The molecule has 0 amide bonds. The smallest absolute Gasteiger partial charge is 0.411 e. The van der Waals surface area contributed by atoms with Crippen molar-refractivity contribution in [1.82, 2.24) is 0 Å². The van der Waals surface area contributed by atoms with Crippen molar-refractivity contribution in [2.24, 2.45) is 0 Å². The van der Waals surface area contributed by atoms with Gasteiger partial charge < -0.3 is 4.74 Å². The molecule has 10 heteroatoms. The molecule has 2 aromatic rings. The molecule has 1 atom stereocenters. The van der Waals surface area contributed by atoms with E-state index in [4.69, 9.17) is 27.9 Å². The first kappa shape index (κ1) is 18.6. The number of esters is 1. The summed E-state index contributed by atoms with van der Waals surface area (Å²) in [6.45, 7) is 0. The Morgan fingerprint density at radius 2 is 1.56 bits per heavy atom. The Balaban J connectivity index is 2.38. The highest BCUT2D eigenvalue weighted by atomic mass is 35.5. The predicted octanol–water partition coefficient (Wildman–Crippen LogP) is 3.90. The highest BCUT2D eigenvalue weighted by molar-refractivity contribution is 6.47. The number of alkyl halides is 2. The zero-order valence-corrected chi connectivity index (χ0v) is 13.9. The van der Waals surface area contributed by atoms with Crippen LogP contribution in [0.5, 0.6) is 0 Å². The largest absolute Gasteiger partial charge is 0.443 e. The van der Waals surface area contributed by atoms with Gasteiger partial charge in [-0.05, 0) is 47.5 Å². The molecule has 8 nitrogen and oxygen atoms in total. The maximum Gasteiger partial charge on any atom is 0.411 e. The number of nitro groups is 2. The summed E-state index contributed by atoms with van der Waals surface area (Å²) in [7, 11) is 0. The van der Waals surface area contributed by atoms with Crippen LogP contribution in [-0.2, 0) is 4.74 Å². The van der Waals surface area contributed by atoms with Gasteiger partial charge in [-0.3, -0.25) is 20.2 Å². The summed E-state index contributed by atoms with van der Waals surface area (Å²) in [6, 6.07) is 12.3. The minimum absolute atomic E-state index is 0.0385. The number of carbonyl (C=O) groups is 1. The number of rotatable bonds is 6. The number of carbonyl (C=O) groups excluding carboxylic acids is 1. The van der Waals surface area contributed by atoms with Crippen LogP contribution in [0.4, 0.5) is 5.69 Å².